The minimum Gasteiger partial charge on any atom is -0.497 e. The van der Waals surface area contributed by atoms with Crippen molar-refractivity contribution in [2.24, 2.45) is 0 Å². The highest BCUT2D eigenvalue weighted by atomic mass is 35.5. The molecule has 4 rings (SSSR count). The van der Waals surface area contributed by atoms with E-state index in [-0.39, 0.29) is 46.8 Å². The Labute approximate surface area is 218 Å². The second-order valence-electron chi connectivity index (χ2n) is 8.32. The molecule has 2 N–H and O–H groups in total. The molecule has 10 nitrogen and oxygen atoms in total. The SMILES string of the molecule is COc1ccc(/C=C/C(=O)N2CC(CCl)c3c2cc([N+](=O)[O-])c2cc(S(=O)(=O)NCCO)ccc32)cc1. The van der Waals surface area contributed by atoms with Gasteiger partial charge in [0, 0.05) is 37.0 Å². The fourth-order valence-corrected chi connectivity index (χ4v) is 5.64. The van der Waals surface area contributed by atoms with Crippen molar-refractivity contribution >= 4 is 55.8 Å². The molecular weight excluding hydrogens is 522 g/mol. The first-order valence-electron chi connectivity index (χ1n) is 11.2. The van der Waals surface area contributed by atoms with Crippen LogP contribution in [-0.4, -0.2) is 57.0 Å². The molecule has 3 aromatic rings. The molecular formula is C25H24ClN3O7S. The van der Waals surface area contributed by atoms with Crippen molar-refractivity contribution in [1.82, 2.24) is 4.72 Å². The number of aliphatic hydroxyl groups excluding tert-OH is 1. The molecule has 0 fully saturated rings. The van der Waals surface area contributed by atoms with Gasteiger partial charge in [0.15, 0.2) is 0 Å². The number of aliphatic hydroxyl groups is 1. The molecule has 1 atom stereocenters. The summed E-state index contributed by atoms with van der Waals surface area (Å²) in [6.07, 6.45) is 3.03. The fourth-order valence-electron chi connectivity index (χ4n) is 4.34. The number of amides is 1. The van der Waals surface area contributed by atoms with Crippen LogP contribution in [-0.2, 0) is 14.8 Å². The van der Waals surface area contributed by atoms with Gasteiger partial charge in [-0.2, -0.15) is 0 Å². The number of methoxy groups -OCH3 is 1. The van der Waals surface area contributed by atoms with E-state index in [4.69, 9.17) is 21.4 Å². The molecule has 3 aromatic carbocycles. The number of nitro benzene ring substituents is 1. The molecule has 0 bridgehead atoms. The number of fused-ring (bicyclic) bond motifs is 3. The van der Waals surface area contributed by atoms with Crippen LogP contribution in [0.25, 0.3) is 16.8 Å². The first-order valence-corrected chi connectivity index (χ1v) is 13.3. The smallest absolute Gasteiger partial charge is 0.279 e. The number of benzene rings is 3. The third-order valence-corrected chi connectivity index (χ3v) is 7.94. The lowest BCUT2D eigenvalue weighted by Gasteiger charge is -2.16. The number of nitro groups is 1. The Morgan fingerprint density at radius 1 is 1.24 bits per heavy atom. The Hall–Kier alpha value is -3.51. The van der Waals surface area contributed by atoms with Crippen molar-refractivity contribution in [3.8, 4) is 5.75 Å². The minimum atomic E-state index is -3.99. The van der Waals surface area contributed by atoms with Crippen LogP contribution < -0.4 is 14.4 Å². The van der Waals surface area contributed by atoms with Crippen molar-refractivity contribution < 1.29 is 28.0 Å². The van der Waals surface area contributed by atoms with Crippen molar-refractivity contribution in [2.45, 2.75) is 10.8 Å². The Balaban J connectivity index is 1.78. The number of halogens is 1. The molecule has 0 aromatic heterocycles. The van der Waals surface area contributed by atoms with Crippen molar-refractivity contribution in [3.05, 3.63) is 75.8 Å². The van der Waals surface area contributed by atoms with Crippen LogP contribution in [0, 0.1) is 10.1 Å². The molecule has 0 spiro atoms. The van der Waals surface area contributed by atoms with Crippen molar-refractivity contribution in [2.75, 3.05) is 37.6 Å². The summed E-state index contributed by atoms with van der Waals surface area (Å²) in [5.41, 5.74) is 1.45. The number of carbonyl (C=O) groups excluding carboxylic acids is 1. The number of nitrogens with one attached hydrogen (secondary N) is 1. The van der Waals surface area contributed by atoms with Crippen molar-refractivity contribution in [3.63, 3.8) is 0 Å². The van der Waals surface area contributed by atoms with Crippen LogP contribution >= 0.6 is 11.6 Å². The van der Waals surface area contributed by atoms with Gasteiger partial charge in [-0.3, -0.25) is 14.9 Å². The first-order chi connectivity index (χ1) is 17.7. The molecule has 1 unspecified atom stereocenters. The van der Waals surface area contributed by atoms with E-state index in [0.717, 1.165) is 5.56 Å². The van der Waals surface area contributed by atoms with Gasteiger partial charge in [0.05, 0.1) is 34.6 Å². The predicted octanol–water partition coefficient (Wildman–Crippen LogP) is 3.41. The zero-order chi connectivity index (χ0) is 26.7. The van der Waals surface area contributed by atoms with Crippen LogP contribution in [0.2, 0.25) is 0 Å². The maximum Gasteiger partial charge on any atom is 0.279 e. The lowest BCUT2D eigenvalue weighted by Crippen LogP contribution is -2.28. The van der Waals surface area contributed by atoms with Gasteiger partial charge < -0.3 is 14.7 Å². The van der Waals surface area contributed by atoms with Crippen LogP contribution in [0.5, 0.6) is 5.75 Å². The summed E-state index contributed by atoms with van der Waals surface area (Å²) in [5.74, 6) is 0.157. The fraction of sp³-hybridized carbons (Fsp3) is 0.240. The van der Waals surface area contributed by atoms with E-state index in [1.165, 1.54) is 35.2 Å². The molecule has 37 heavy (non-hydrogen) atoms. The van der Waals surface area contributed by atoms with E-state index in [0.29, 0.717) is 22.4 Å². The number of hydrogen-bond acceptors (Lipinski definition) is 7. The summed E-state index contributed by atoms with van der Waals surface area (Å²) in [5, 5.41) is 21.5. The van der Waals surface area contributed by atoms with E-state index >= 15 is 0 Å². The normalized spacial score (nSPS) is 15.3. The zero-order valence-corrected chi connectivity index (χ0v) is 21.3. The molecule has 0 aliphatic carbocycles. The summed E-state index contributed by atoms with van der Waals surface area (Å²) >= 11 is 6.24. The molecule has 1 amide bonds. The van der Waals surface area contributed by atoms with Crippen LogP contribution in [0.15, 0.2) is 59.5 Å². The Morgan fingerprint density at radius 3 is 2.59 bits per heavy atom. The molecule has 0 saturated carbocycles. The summed E-state index contributed by atoms with van der Waals surface area (Å²) in [7, 11) is -2.43. The molecule has 0 saturated heterocycles. The van der Waals surface area contributed by atoms with Gasteiger partial charge in [-0.25, -0.2) is 13.1 Å². The lowest BCUT2D eigenvalue weighted by atomic mass is 9.95. The van der Waals surface area contributed by atoms with Gasteiger partial charge in [-0.15, -0.1) is 11.6 Å². The Morgan fingerprint density at radius 2 is 1.97 bits per heavy atom. The quantitative estimate of drug-likeness (QED) is 0.182. The Bertz CT molecular complexity index is 1490. The highest BCUT2D eigenvalue weighted by molar-refractivity contribution is 7.89. The molecule has 1 aliphatic rings. The summed E-state index contributed by atoms with van der Waals surface area (Å²) in [6.45, 7) is -0.365. The molecule has 12 heteroatoms. The number of carbonyl (C=O) groups is 1. The monoisotopic (exact) mass is 545 g/mol. The Kier molecular flexibility index (Phi) is 7.79. The standard InChI is InChI=1S/C25H24ClN3O7S/c1-36-18-5-2-16(3-6-18)4-9-24(31)28-15-17(14-26)25-20-8-7-19(37(34,35)27-10-11-30)12-21(20)22(29(32)33)13-23(25)28/h2-9,12-13,17,27,30H,10-11,14-15H2,1H3/b9-4+. The average Bonchev–Trinajstić information content (AvgIpc) is 3.29. The summed E-state index contributed by atoms with van der Waals surface area (Å²) in [4.78, 5) is 25.8. The summed E-state index contributed by atoms with van der Waals surface area (Å²) < 4.78 is 32.5. The van der Waals surface area contributed by atoms with Crippen LogP contribution in [0.3, 0.4) is 0 Å². The van der Waals surface area contributed by atoms with Gasteiger partial charge in [0.25, 0.3) is 11.6 Å². The van der Waals surface area contributed by atoms with Gasteiger partial charge in [-0.05, 0) is 46.9 Å². The first kappa shape index (κ1) is 26.6. The number of rotatable bonds is 9. The van der Waals surface area contributed by atoms with Gasteiger partial charge in [-0.1, -0.05) is 18.2 Å². The number of hydrogen-bond donors (Lipinski definition) is 2. The van der Waals surface area contributed by atoms with E-state index < -0.39 is 21.6 Å². The number of nitrogens with zero attached hydrogens (tertiary/aromatic N) is 2. The third-order valence-electron chi connectivity index (χ3n) is 6.11. The van der Waals surface area contributed by atoms with Crippen LogP contribution in [0.1, 0.15) is 17.0 Å². The maximum absolute atomic E-state index is 13.2. The lowest BCUT2D eigenvalue weighted by molar-refractivity contribution is -0.383. The molecule has 0 radical (unpaired) electrons. The maximum atomic E-state index is 13.2. The molecule has 1 heterocycles. The highest BCUT2D eigenvalue weighted by Crippen LogP contribution is 2.46. The second-order valence-corrected chi connectivity index (χ2v) is 10.4. The van der Waals surface area contributed by atoms with E-state index in [9.17, 15) is 23.3 Å². The summed E-state index contributed by atoms with van der Waals surface area (Å²) in [6, 6.07) is 12.5. The third kappa shape index (κ3) is 5.30. The number of anilines is 1. The second kappa shape index (κ2) is 10.9. The van der Waals surface area contributed by atoms with Crippen molar-refractivity contribution in [1.29, 1.82) is 0 Å². The number of sulfonamides is 1. The number of non-ortho nitro benzene ring substituents is 1. The van der Waals surface area contributed by atoms with Gasteiger partial charge in [0.2, 0.25) is 10.0 Å². The average molecular weight is 546 g/mol. The largest absolute Gasteiger partial charge is 0.497 e. The molecule has 194 valence electrons. The minimum absolute atomic E-state index is 0.119. The van der Waals surface area contributed by atoms with Gasteiger partial charge >= 0.3 is 0 Å². The van der Waals surface area contributed by atoms with Gasteiger partial charge in [0.1, 0.15) is 5.75 Å². The van der Waals surface area contributed by atoms with E-state index in [1.54, 1.807) is 37.5 Å². The van der Waals surface area contributed by atoms with E-state index in [2.05, 4.69) is 4.72 Å². The highest BCUT2D eigenvalue weighted by Gasteiger charge is 2.36. The number of alkyl halides is 1. The zero-order valence-electron chi connectivity index (χ0n) is 19.8. The predicted molar refractivity (Wildman–Crippen MR) is 141 cm³/mol. The van der Waals surface area contributed by atoms with Crippen LogP contribution in [0.4, 0.5) is 11.4 Å². The topological polar surface area (TPSA) is 139 Å². The number of ether oxygens (including phenoxy) is 1. The molecule has 1 aliphatic heterocycles. The van der Waals surface area contributed by atoms with E-state index in [1.807, 2.05) is 0 Å².